The van der Waals surface area contributed by atoms with Crippen molar-refractivity contribution in [3.8, 4) is 34.8 Å². The first-order valence-electron chi connectivity index (χ1n) is 17.5. The molecule has 0 atom stereocenters. The molecule has 4 rings (SSSR count). The monoisotopic (exact) mass is 593 g/mol. The molecule has 0 saturated carbocycles. The summed E-state index contributed by atoms with van der Waals surface area (Å²) >= 11 is 0. The van der Waals surface area contributed by atoms with Gasteiger partial charge in [-0.3, -0.25) is 4.72 Å². The van der Waals surface area contributed by atoms with Gasteiger partial charge in [-0.05, 0) is 42.8 Å². The fourth-order valence-corrected chi connectivity index (χ4v) is 4.28. The van der Waals surface area contributed by atoms with Gasteiger partial charge in [0, 0.05) is 26.0 Å². The molecule has 4 aromatic rings. The lowest BCUT2D eigenvalue weighted by atomic mass is 9.86. The summed E-state index contributed by atoms with van der Waals surface area (Å²) in [5.74, 6) is -3.09. The van der Waals surface area contributed by atoms with Gasteiger partial charge in [0.1, 0.15) is 6.61 Å². The van der Waals surface area contributed by atoms with Crippen LogP contribution in [0.15, 0.2) is 71.9 Å². The van der Waals surface area contributed by atoms with Gasteiger partial charge < -0.3 is 24.4 Å². The van der Waals surface area contributed by atoms with Crippen LogP contribution in [-0.2, 0) is 15.4 Å². The molecular weight excluding hydrogens is 550 g/mol. The van der Waals surface area contributed by atoms with Gasteiger partial charge in [0.2, 0.25) is 11.6 Å². The maximum atomic E-state index is 13.9. The number of rotatable bonds is 13. The Hall–Kier alpha value is -4.33. The van der Waals surface area contributed by atoms with Crippen molar-refractivity contribution >= 4 is 15.8 Å². The minimum absolute atomic E-state index is 0.187. The molecule has 41 heavy (non-hydrogen) atoms. The Morgan fingerprint density at radius 3 is 2.29 bits per heavy atom. The van der Waals surface area contributed by atoms with E-state index in [1.54, 1.807) is 0 Å². The first-order chi connectivity index (χ1) is 24.2. The predicted molar refractivity (Wildman–Crippen MR) is 151 cm³/mol. The molecule has 0 amide bonds. The van der Waals surface area contributed by atoms with E-state index in [1.807, 2.05) is 0 Å². The minimum atomic E-state index is -4.86. The summed E-state index contributed by atoms with van der Waals surface area (Å²) in [5.41, 5.74) is -4.30. The van der Waals surface area contributed by atoms with Gasteiger partial charge in [-0.2, -0.15) is 4.98 Å². The second-order valence-corrected chi connectivity index (χ2v) is 9.58. The van der Waals surface area contributed by atoms with Crippen LogP contribution in [0.25, 0.3) is 11.6 Å². The number of nitrogens with zero attached hydrogens (tertiary/aromatic N) is 4. The summed E-state index contributed by atoms with van der Waals surface area (Å²) in [7, 11) is -4.86. The summed E-state index contributed by atoms with van der Waals surface area (Å²) in [6.07, 6.45) is 2.60. The third-order valence-electron chi connectivity index (χ3n) is 5.14. The van der Waals surface area contributed by atoms with Crippen LogP contribution in [0.4, 0.5) is 5.82 Å². The molecule has 0 aliphatic rings. The quantitative estimate of drug-likeness (QED) is 0.207. The summed E-state index contributed by atoms with van der Waals surface area (Å²) < 4.78 is 140. The Balaban J connectivity index is 1.92. The number of sulfonamides is 1. The highest BCUT2D eigenvalue weighted by atomic mass is 32.2. The number of para-hydroxylation sites is 2. The third kappa shape index (κ3) is 7.06. The number of hydrogen-bond donors (Lipinski definition) is 3. The first kappa shape index (κ1) is 17.5. The molecule has 13 heteroatoms. The maximum Gasteiger partial charge on any atom is 0.263 e. The fourth-order valence-electron chi connectivity index (χ4n) is 3.28. The molecule has 0 spiro atoms. The highest BCUT2D eigenvalue weighted by molar-refractivity contribution is 7.92. The Labute approximate surface area is 255 Å². The molecule has 0 bridgehead atoms. The molecule has 0 saturated heterocycles. The number of aliphatic hydroxyl groups is 2. The van der Waals surface area contributed by atoms with E-state index in [9.17, 15) is 18.6 Å². The standard InChI is InChI=1S/C28H31N5O7S/c1-4-38-21-8-5-6-9-22(21)40-23-24(31-26(25-29-14-7-15-30-25)32-27(23)39-17-16-34)33-41(36,37)20-12-10-19(11-13-20)28(2,3)18-35/h5-15,34-35H,4,16-18H2,1-3H3,(H,31,32,33)/i2D3,3D3,4D2,16D2,18D2. The molecule has 12 nitrogen and oxygen atoms in total. The van der Waals surface area contributed by atoms with Crippen molar-refractivity contribution in [2.45, 2.75) is 30.9 Å². The summed E-state index contributed by atoms with van der Waals surface area (Å²) in [5, 5.41) is 20.1. The summed E-state index contributed by atoms with van der Waals surface area (Å²) in [6, 6.07) is 9.92. The fraction of sp³-hybridized carbons (Fsp3) is 0.286. The molecule has 2 aromatic heterocycles. The van der Waals surface area contributed by atoms with Crippen molar-refractivity contribution in [1.29, 1.82) is 0 Å². The van der Waals surface area contributed by atoms with E-state index in [0.29, 0.717) is 12.1 Å². The Bertz CT molecular complexity index is 1980. The van der Waals surface area contributed by atoms with Crippen molar-refractivity contribution in [2.24, 2.45) is 0 Å². The van der Waals surface area contributed by atoms with Crippen LogP contribution in [0.5, 0.6) is 23.1 Å². The molecule has 0 unspecified atom stereocenters. The van der Waals surface area contributed by atoms with Gasteiger partial charge in [-0.15, -0.1) is 0 Å². The highest BCUT2D eigenvalue weighted by Crippen LogP contribution is 2.41. The van der Waals surface area contributed by atoms with Crippen LogP contribution in [0.3, 0.4) is 0 Å². The maximum absolute atomic E-state index is 13.9. The van der Waals surface area contributed by atoms with E-state index < -0.39 is 89.2 Å². The lowest BCUT2D eigenvalue weighted by Crippen LogP contribution is -2.22. The molecule has 3 N–H and O–H groups in total. The van der Waals surface area contributed by atoms with Gasteiger partial charge >= 0.3 is 0 Å². The van der Waals surface area contributed by atoms with Gasteiger partial charge in [-0.25, -0.2) is 23.4 Å². The third-order valence-corrected chi connectivity index (χ3v) is 6.50. The van der Waals surface area contributed by atoms with E-state index in [1.165, 1.54) is 42.7 Å². The number of hydrogen-bond acceptors (Lipinski definition) is 11. The zero-order chi connectivity index (χ0) is 39.8. The number of nitrogens with one attached hydrogen (secondary N) is 1. The predicted octanol–water partition coefficient (Wildman–Crippen LogP) is 3.57. The number of anilines is 1. The Kier molecular flexibility index (Phi) is 5.49. The van der Waals surface area contributed by atoms with Gasteiger partial charge in [-0.1, -0.05) is 38.0 Å². The van der Waals surface area contributed by atoms with Crippen LogP contribution in [0, 0.1) is 0 Å². The van der Waals surface area contributed by atoms with Gasteiger partial charge in [0.25, 0.3) is 15.9 Å². The SMILES string of the molecule is [2H]C([2H])(O)COc1nc(-c2ncccn2)nc(NS(=O)(=O)c2ccc(C(C([2H])([2H])[2H])(C([2H])([2H])[2H])C([2H])([2H])O)cc2)c1Oc1ccccc1OC([2H])([2H])C. The second kappa shape index (κ2) is 12.9. The van der Waals surface area contributed by atoms with Crippen molar-refractivity contribution in [1.82, 2.24) is 19.9 Å². The average Bonchev–Trinajstić information content (AvgIpc) is 2.99. The first-order valence-corrected chi connectivity index (χ1v) is 13.0. The largest absolute Gasteiger partial charge is 0.490 e. The van der Waals surface area contributed by atoms with Crippen molar-refractivity contribution in [2.75, 3.05) is 31.0 Å². The number of ether oxygens (including phenoxy) is 3. The van der Waals surface area contributed by atoms with Gasteiger partial charge in [0.15, 0.2) is 23.1 Å². The second-order valence-electron chi connectivity index (χ2n) is 7.90. The smallest absolute Gasteiger partial charge is 0.263 e. The Morgan fingerprint density at radius 1 is 0.951 bits per heavy atom. The zero-order valence-corrected chi connectivity index (χ0v) is 22.0. The van der Waals surface area contributed by atoms with Crippen molar-refractivity contribution in [3.05, 3.63) is 72.6 Å². The van der Waals surface area contributed by atoms with E-state index >= 15 is 0 Å². The molecule has 0 aliphatic heterocycles. The van der Waals surface area contributed by atoms with Gasteiger partial charge in [0.05, 0.1) is 32.8 Å². The van der Waals surface area contributed by atoms with E-state index in [2.05, 4.69) is 24.7 Å². The lowest BCUT2D eigenvalue weighted by molar-refractivity contribution is 0.192. The van der Waals surface area contributed by atoms with Crippen LogP contribution < -0.4 is 18.9 Å². The van der Waals surface area contributed by atoms with Crippen LogP contribution >= 0.6 is 0 Å². The van der Waals surface area contributed by atoms with E-state index in [-0.39, 0.29) is 17.3 Å². The average molecular weight is 594 g/mol. The highest BCUT2D eigenvalue weighted by Gasteiger charge is 2.27. The molecular formula is C28H31N5O7S. The minimum Gasteiger partial charge on any atom is -0.490 e. The molecule has 0 aliphatic carbocycles. The summed E-state index contributed by atoms with van der Waals surface area (Å²) in [6.45, 7) is -16.4. The van der Waals surface area contributed by atoms with Crippen LogP contribution in [0.1, 0.15) is 42.6 Å². The molecule has 2 aromatic carbocycles. The van der Waals surface area contributed by atoms with Crippen LogP contribution in [0.2, 0.25) is 0 Å². The number of benzene rings is 2. The van der Waals surface area contributed by atoms with Crippen molar-refractivity contribution < 1.29 is 49.3 Å². The van der Waals surface area contributed by atoms with E-state index in [0.717, 1.165) is 19.1 Å². The van der Waals surface area contributed by atoms with Crippen LogP contribution in [-0.4, -0.2) is 64.9 Å². The molecule has 0 fully saturated rings. The summed E-state index contributed by atoms with van der Waals surface area (Å²) in [4.78, 5) is 15.7. The molecule has 2 heterocycles. The lowest BCUT2D eigenvalue weighted by Gasteiger charge is -2.22. The topological polar surface area (TPSA) is 166 Å². The van der Waals surface area contributed by atoms with Crippen molar-refractivity contribution in [3.63, 3.8) is 0 Å². The number of aromatic nitrogens is 4. The zero-order valence-electron chi connectivity index (χ0n) is 33.2. The normalized spacial score (nSPS) is 17.6. The molecule has 216 valence electrons. The Morgan fingerprint density at radius 2 is 1.66 bits per heavy atom. The van der Waals surface area contributed by atoms with E-state index in [4.69, 9.17) is 30.7 Å². The molecule has 0 radical (unpaired) electrons.